The van der Waals surface area contributed by atoms with Gasteiger partial charge in [-0.05, 0) is 32.4 Å². The van der Waals surface area contributed by atoms with E-state index in [1.807, 2.05) is 32.0 Å². The zero-order chi connectivity index (χ0) is 12.8. The molecule has 0 aromatic heterocycles. The highest BCUT2D eigenvalue weighted by molar-refractivity contribution is 6.00. The second kappa shape index (κ2) is 6.52. The van der Waals surface area contributed by atoms with Gasteiger partial charge in [-0.25, -0.2) is 0 Å². The fourth-order valence-corrected chi connectivity index (χ4v) is 1.60. The first-order chi connectivity index (χ1) is 8.06. The Kier molecular flexibility index (Phi) is 5.32. The number of Topliss-reactive ketones (excluding diaryl/α,β-unsaturated/α-hetero) is 1. The van der Waals surface area contributed by atoms with Crippen molar-refractivity contribution in [3.63, 3.8) is 0 Å². The van der Waals surface area contributed by atoms with E-state index in [2.05, 4.69) is 0 Å². The van der Waals surface area contributed by atoms with Crippen LogP contribution in [0.15, 0.2) is 18.2 Å². The van der Waals surface area contributed by atoms with E-state index in [0.29, 0.717) is 13.2 Å². The topological polar surface area (TPSA) is 35.5 Å². The number of benzene rings is 1. The normalized spacial score (nSPS) is 12.5. The molecule has 1 rings (SSSR count). The van der Waals surface area contributed by atoms with Gasteiger partial charge >= 0.3 is 0 Å². The van der Waals surface area contributed by atoms with Gasteiger partial charge in [-0.1, -0.05) is 17.7 Å². The minimum absolute atomic E-state index is 0.0299. The smallest absolute Gasteiger partial charge is 0.191 e. The van der Waals surface area contributed by atoms with Gasteiger partial charge in [-0.3, -0.25) is 4.79 Å². The first kappa shape index (κ1) is 13.9. The summed E-state index contributed by atoms with van der Waals surface area (Å²) in [7, 11) is 1.61. The Hall–Kier alpha value is -1.19. The molecule has 94 valence electrons. The van der Waals surface area contributed by atoms with Crippen LogP contribution in [0.2, 0.25) is 0 Å². The quantitative estimate of drug-likeness (QED) is 0.562. The molecule has 0 bridgehead atoms. The van der Waals surface area contributed by atoms with E-state index in [-0.39, 0.29) is 5.78 Å². The number of hydrogen-bond acceptors (Lipinski definition) is 3. The molecule has 0 saturated carbocycles. The molecule has 0 heterocycles. The van der Waals surface area contributed by atoms with Gasteiger partial charge in [0.1, 0.15) is 6.10 Å². The Morgan fingerprint density at radius 2 is 2.00 bits per heavy atom. The van der Waals surface area contributed by atoms with Crippen molar-refractivity contribution in [3.05, 3.63) is 34.9 Å². The molecule has 0 aliphatic rings. The van der Waals surface area contributed by atoms with Crippen molar-refractivity contribution in [2.45, 2.75) is 26.9 Å². The molecule has 0 amide bonds. The van der Waals surface area contributed by atoms with Crippen molar-refractivity contribution in [2.24, 2.45) is 0 Å². The lowest BCUT2D eigenvalue weighted by Gasteiger charge is -2.13. The highest BCUT2D eigenvalue weighted by atomic mass is 16.5. The molecular weight excluding hydrogens is 216 g/mol. The van der Waals surface area contributed by atoms with E-state index in [1.54, 1.807) is 14.0 Å². The Labute approximate surface area is 103 Å². The Balaban J connectivity index is 2.71. The van der Waals surface area contributed by atoms with Crippen LogP contribution in [0.5, 0.6) is 0 Å². The third-order valence-electron chi connectivity index (χ3n) is 2.68. The van der Waals surface area contributed by atoms with Crippen molar-refractivity contribution >= 4 is 5.78 Å². The largest absolute Gasteiger partial charge is 0.382 e. The van der Waals surface area contributed by atoms with Crippen molar-refractivity contribution < 1.29 is 14.3 Å². The molecule has 0 saturated heterocycles. The minimum atomic E-state index is -0.425. The number of methoxy groups -OCH3 is 1. The minimum Gasteiger partial charge on any atom is -0.382 e. The lowest BCUT2D eigenvalue weighted by atomic mass is 9.99. The van der Waals surface area contributed by atoms with Crippen molar-refractivity contribution in [3.8, 4) is 0 Å². The van der Waals surface area contributed by atoms with Crippen LogP contribution >= 0.6 is 0 Å². The summed E-state index contributed by atoms with van der Waals surface area (Å²) in [6, 6.07) is 5.88. The molecule has 0 radical (unpaired) electrons. The summed E-state index contributed by atoms with van der Waals surface area (Å²) in [5, 5.41) is 0. The van der Waals surface area contributed by atoms with Crippen molar-refractivity contribution in [1.82, 2.24) is 0 Å². The van der Waals surface area contributed by atoms with Crippen LogP contribution in [0.4, 0.5) is 0 Å². The first-order valence-corrected chi connectivity index (χ1v) is 5.78. The summed E-state index contributed by atoms with van der Waals surface area (Å²) in [6.07, 6.45) is -0.425. The highest BCUT2D eigenvalue weighted by Gasteiger charge is 2.17. The summed E-state index contributed by atoms with van der Waals surface area (Å²) in [4.78, 5) is 12.1. The van der Waals surface area contributed by atoms with E-state index in [0.717, 1.165) is 16.7 Å². The van der Waals surface area contributed by atoms with Gasteiger partial charge < -0.3 is 9.47 Å². The highest BCUT2D eigenvalue weighted by Crippen LogP contribution is 2.14. The zero-order valence-electron chi connectivity index (χ0n) is 10.9. The molecule has 0 fully saturated rings. The van der Waals surface area contributed by atoms with Crippen LogP contribution in [0.3, 0.4) is 0 Å². The molecule has 1 aromatic carbocycles. The van der Waals surface area contributed by atoms with Gasteiger partial charge in [0.25, 0.3) is 0 Å². The van der Waals surface area contributed by atoms with Gasteiger partial charge in [-0.2, -0.15) is 0 Å². The predicted molar refractivity (Wildman–Crippen MR) is 67.5 cm³/mol. The summed E-state index contributed by atoms with van der Waals surface area (Å²) in [5.41, 5.74) is 2.82. The molecule has 0 spiro atoms. The van der Waals surface area contributed by atoms with Gasteiger partial charge in [-0.15, -0.1) is 0 Å². The Morgan fingerprint density at radius 3 is 2.65 bits per heavy atom. The van der Waals surface area contributed by atoms with Gasteiger partial charge in [0.2, 0.25) is 0 Å². The average molecular weight is 236 g/mol. The predicted octanol–water partition coefficient (Wildman–Crippen LogP) is 2.54. The zero-order valence-corrected chi connectivity index (χ0v) is 10.9. The van der Waals surface area contributed by atoms with Crippen LogP contribution in [0, 0.1) is 13.8 Å². The number of ketones is 1. The van der Waals surface area contributed by atoms with Crippen LogP contribution in [0.1, 0.15) is 28.4 Å². The molecule has 0 N–H and O–H groups in total. The number of rotatable bonds is 6. The number of carbonyl (C=O) groups excluding carboxylic acids is 1. The molecule has 1 aromatic rings. The van der Waals surface area contributed by atoms with Gasteiger partial charge in [0, 0.05) is 12.7 Å². The van der Waals surface area contributed by atoms with Crippen molar-refractivity contribution in [1.29, 1.82) is 0 Å². The van der Waals surface area contributed by atoms with E-state index in [4.69, 9.17) is 9.47 Å². The maximum atomic E-state index is 12.1. The molecule has 1 atom stereocenters. The third kappa shape index (κ3) is 3.95. The summed E-state index contributed by atoms with van der Waals surface area (Å²) >= 11 is 0. The summed E-state index contributed by atoms with van der Waals surface area (Å²) in [5.74, 6) is 0.0299. The molecule has 3 heteroatoms. The second-order valence-corrected chi connectivity index (χ2v) is 4.19. The maximum Gasteiger partial charge on any atom is 0.191 e. The Bertz CT molecular complexity index is 385. The van der Waals surface area contributed by atoms with Crippen LogP contribution < -0.4 is 0 Å². The third-order valence-corrected chi connectivity index (χ3v) is 2.68. The standard InChI is InChI=1S/C14H20O3/c1-10-5-6-11(2)13(9-10)14(15)12(3)17-8-7-16-4/h5-6,9,12H,7-8H2,1-4H3. The van der Waals surface area contributed by atoms with E-state index < -0.39 is 6.10 Å². The van der Waals surface area contributed by atoms with Crippen LogP contribution in [-0.2, 0) is 9.47 Å². The van der Waals surface area contributed by atoms with E-state index in [1.165, 1.54) is 0 Å². The molecule has 17 heavy (non-hydrogen) atoms. The molecule has 3 nitrogen and oxygen atoms in total. The number of carbonyl (C=O) groups is 1. The fourth-order valence-electron chi connectivity index (χ4n) is 1.60. The van der Waals surface area contributed by atoms with E-state index >= 15 is 0 Å². The summed E-state index contributed by atoms with van der Waals surface area (Å²) < 4.78 is 10.3. The SMILES string of the molecule is COCCOC(C)C(=O)c1cc(C)ccc1C. The first-order valence-electron chi connectivity index (χ1n) is 5.78. The number of aryl methyl sites for hydroxylation is 2. The van der Waals surface area contributed by atoms with Gasteiger partial charge in [0.05, 0.1) is 13.2 Å². The van der Waals surface area contributed by atoms with Crippen LogP contribution in [0.25, 0.3) is 0 Å². The molecule has 1 unspecified atom stereocenters. The average Bonchev–Trinajstić information content (AvgIpc) is 2.31. The lowest BCUT2D eigenvalue weighted by Crippen LogP contribution is -2.23. The van der Waals surface area contributed by atoms with Gasteiger partial charge in [0.15, 0.2) is 5.78 Å². The summed E-state index contributed by atoms with van der Waals surface area (Å²) in [6.45, 7) is 6.64. The van der Waals surface area contributed by atoms with Crippen LogP contribution in [-0.4, -0.2) is 32.2 Å². The molecule has 0 aliphatic carbocycles. The molecular formula is C14H20O3. The van der Waals surface area contributed by atoms with Crippen molar-refractivity contribution in [2.75, 3.05) is 20.3 Å². The fraction of sp³-hybridized carbons (Fsp3) is 0.500. The van der Waals surface area contributed by atoms with E-state index in [9.17, 15) is 4.79 Å². The second-order valence-electron chi connectivity index (χ2n) is 4.19. The monoisotopic (exact) mass is 236 g/mol. The molecule has 0 aliphatic heterocycles. The number of ether oxygens (including phenoxy) is 2. The maximum absolute atomic E-state index is 12.1. The number of hydrogen-bond donors (Lipinski definition) is 0. The lowest BCUT2D eigenvalue weighted by molar-refractivity contribution is 0.0256. The Morgan fingerprint density at radius 1 is 1.29 bits per heavy atom.